The molecule has 0 aromatic heterocycles. The Labute approximate surface area is 213 Å². The third-order valence-electron chi connectivity index (χ3n) is 5.14. The average Bonchev–Trinajstić information content (AvgIpc) is 3.11. The highest BCUT2D eigenvalue weighted by Gasteiger charge is 2.35. The fourth-order valence-corrected chi connectivity index (χ4v) is 3.70. The highest BCUT2D eigenvalue weighted by atomic mass is 35.5. The van der Waals surface area contributed by atoms with Crippen molar-refractivity contribution in [3.63, 3.8) is 0 Å². The Hall–Kier alpha value is -4.05. The molecule has 4 amide bonds. The summed E-state index contributed by atoms with van der Waals surface area (Å²) >= 11 is 6.32. The predicted molar refractivity (Wildman–Crippen MR) is 133 cm³/mol. The van der Waals surface area contributed by atoms with Crippen LogP contribution in [0.4, 0.5) is 10.5 Å². The number of amides is 4. The second-order valence-electron chi connectivity index (χ2n) is 7.57. The zero-order valence-corrected chi connectivity index (χ0v) is 20.8. The molecule has 0 bridgehead atoms. The Morgan fingerprint density at radius 1 is 1.14 bits per heavy atom. The lowest BCUT2D eigenvalue weighted by molar-refractivity contribution is -0.143. The Morgan fingerprint density at radius 3 is 2.58 bits per heavy atom. The van der Waals surface area contributed by atoms with E-state index in [-0.39, 0.29) is 35.4 Å². The zero-order valence-electron chi connectivity index (χ0n) is 20.1. The number of nitrogens with one attached hydrogen (secondary N) is 2. The molecule has 1 heterocycles. The summed E-state index contributed by atoms with van der Waals surface area (Å²) in [5.41, 5.74) is 1.95. The maximum Gasteiger partial charge on any atom is 0.343 e. The summed E-state index contributed by atoms with van der Waals surface area (Å²) in [5, 5.41) is 5.33. The van der Waals surface area contributed by atoms with Gasteiger partial charge in [0, 0.05) is 5.69 Å². The maximum atomic E-state index is 12.9. The van der Waals surface area contributed by atoms with Crippen molar-refractivity contribution in [1.29, 1.82) is 0 Å². The van der Waals surface area contributed by atoms with Gasteiger partial charge in [-0.1, -0.05) is 36.7 Å². The van der Waals surface area contributed by atoms with E-state index in [4.69, 9.17) is 21.1 Å². The first-order valence-corrected chi connectivity index (χ1v) is 11.5. The number of rotatable bonds is 10. The number of hydrogen-bond acceptors (Lipinski definition) is 7. The zero-order chi connectivity index (χ0) is 26.2. The number of para-hydroxylation sites is 1. The number of anilines is 1. The van der Waals surface area contributed by atoms with Crippen molar-refractivity contribution in [2.45, 2.75) is 20.3 Å². The largest absolute Gasteiger partial charge is 0.490 e. The molecule has 0 unspecified atom stereocenters. The number of ether oxygens (including phenoxy) is 3. The van der Waals surface area contributed by atoms with E-state index in [0.29, 0.717) is 17.7 Å². The molecule has 0 radical (unpaired) electrons. The number of benzene rings is 2. The summed E-state index contributed by atoms with van der Waals surface area (Å²) < 4.78 is 15.5. The molecule has 10 nitrogen and oxygen atoms in total. The lowest BCUT2D eigenvalue weighted by Crippen LogP contribution is -2.38. The van der Waals surface area contributed by atoms with Crippen molar-refractivity contribution < 1.29 is 33.4 Å². The fourth-order valence-electron chi connectivity index (χ4n) is 3.43. The molecule has 0 aliphatic carbocycles. The molecule has 36 heavy (non-hydrogen) atoms. The molecule has 1 fully saturated rings. The molecule has 2 N–H and O–H groups in total. The van der Waals surface area contributed by atoms with Crippen molar-refractivity contribution in [2.75, 3.05) is 32.2 Å². The van der Waals surface area contributed by atoms with Gasteiger partial charge in [0.15, 0.2) is 18.1 Å². The topological polar surface area (TPSA) is 123 Å². The quantitative estimate of drug-likeness (QED) is 0.282. The minimum atomic E-state index is -0.723. The monoisotopic (exact) mass is 515 g/mol. The van der Waals surface area contributed by atoms with E-state index >= 15 is 0 Å². The van der Waals surface area contributed by atoms with Gasteiger partial charge < -0.3 is 24.8 Å². The number of halogens is 1. The van der Waals surface area contributed by atoms with Crippen LogP contribution in [0.1, 0.15) is 25.0 Å². The smallest absolute Gasteiger partial charge is 0.343 e. The van der Waals surface area contributed by atoms with E-state index < -0.39 is 30.4 Å². The second kappa shape index (κ2) is 12.1. The average molecular weight is 516 g/mol. The highest BCUT2D eigenvalue weighted by molar-refractivity contribution is 6.32. The molecule has 1 saturated heterocycles. The molecule has 11 heteroatoms. The van der Waals surface area contributed by atoms with Gasteiger partial charge in [0.1, 0.15) is 12.2 Å². The second-order valence-corrected chi connectivity index (χ2v) is 7.97. The van der Waals surface area contributed by atoms with Crippen LogP contribution in [0, 0.1) is 0 Å². The van der Waals surface area contributed by atoms with Crippen LogP contribution in [0.2, 0.25) is 5.02 Å². The minimum absolute atomic E-state index is 0.0384. The number of esters is 1. The van der Waals surface area contributed by atoms with Crippen molar-refractivity contribution in [3.8, 4) is 11.5 Å². The fraction of sp³-hybridized carbons (Fsp3) is 0.280. The van der Waals surface area contributed by atoms with Gasteiger partial charge in [0.2, 0.25) is 5.91 Å². The maximum absolute atomic E-state index is 12.9. The van der Waals surface area contributed by atoms with Gasteiger partial charge in [-0.15, -0.1) is 0 Å². The third kappa shape index (κ3) is 6.33. The van der Waals surface area contributed by atoms with Crippen LogP contribution in [0.15, 0.2) is 42.1 Å². The third-order valence-corrected chi connectivity index (χ3v) is 5.42. The van der Waals surface area contributed by atoms with Gasteiger partial charge >= 0.3 is 12.0 Å². The predicted octanol–water partition coefficient (Wildman–Crippen LogP) is 3.38. The van der Waals surface area contributed by atoms with Gasteiger partial charge in [0.25, 0.3) is 5.91 Å². The van der Waals surface area contributed by atoms with E-state index in [1.807, 2.05) is 19.1 Å². The van der Waals surface area contributed by atoms with Crippen LogP contribution >= 0.6 is 11.6 Å². The SMILES string of the molecule is CCOc1cc(/C=C2/NC(=O)N(CC(=O)Nc3ccccc3CC)C2=O)cc(Cl)c1OCC(=O)OC. The summed E-state index contributed by atoms with van der Waals surface area (Å²) in [6.07, 6.45) is 2.12. The summed E-state index contributed by atoms with van der Waals surface area (Å²) in [5.74, 6) is -1.39. The van der Waals surface area contributed by atoms with Crippen LogP contribution < -0.4 is 20.1 Å². The minimum Gasteiger partial charge on any atom is -0.490 e. The van der Waals surface area contributed by atoms with Crippen molar-refractivity contribution >= 4 is 47.2 Å². The molecular formula is C25H26ClN3O7. The first-order chi connectivity index (χ1) is 17.3. The normalized spacial score (nSPS) is 14.0. The van der Waals surface area contributed by atoms with Crippen LogP contribution in [0.5, 0.6) is 11.5 Å². The lowest BCUT2D eigenvalue weighted by atomic mass is 10.1. The molecular weight excluding hydrogens is 490 g/mol. The summed E-state index contributed by atoms with van der Waals surface area (Å²) in [4.78, 5) is 50.1. The number of methoxy groups -OCH3 is 1. The highest BCUT2D eigenvalue weighted by Crippen LogP contribution is 2.37. The van der Waals surface area contributed by atoms with Crippen LogP contribution in [-0.4, -0.2) is 55.6 Å². The van der Waals surface area contributed by atoms with E-state index in [1.165, 1.54) is 19.3 Å². The Bertz CT molecular complexity index is 1210. The number of urea groups is 1. The molecule has 1 aliphatic rings. The van der Waals surface area contributed by atoms with Crippen molar-refractivity contribution in [2.24, 2.45) is 0 Å². The summed E-state index contributed by atoms with van der Waals surface area (Å²) in [6, 6.07) is 9.61. The Kier molecular flexibility index (Phi) is 8.91. The Morgan fingerprint density at radius 2 is 1.89 bits per heavy atom. The number of carbonyl (C=O) groups is 4. The number of aryl methyl sites for hydroxylation is 1. The number of nitrogens with zero attached hydrogens (tertiary/aromatic N) is 1. The van der Waals surface area contributed by atoms with Crippen LogP contribution in [0.3, 0.4) is 0 Å². The molecule has 1 aliphatic heterocycles. The van der Waals surface area contributed by atoms with E-state index in [0.717, 1.165) is 10.5 Å². The van der Waals surface area contributed by atoms with Crippen molar-refractivity contribution in [1.82, 2.24) is 10.2 Å². The van der Waals surface area contributed by atoms with Gasteiger partial charge in [-0.25, -0.2) is 14.5 Å². The molecule has 190 valence electrons. The summed E-state index contributed by atoms with van der Waals surface area (Å²) in [7, 11) is 1.23. The van der Waals surface area contributed by atoms with Gasteiger partial charge in [-0.2, -0.15) is 0 Å². The standard InChI is InChI=1S/C25H26ClN3O7/c1-4-16-8-6-7-9-18(16)27-21(30)13-29-24(32)19(28-25(29)33)11-15-10-17(26)23(20(12-15)35-5-2)36-14-22(31)34-3/h6-12H,4-5,13-14H2,1-3H3,(H,27,30)(H,28,33)/b19-11+. The van der Waals surface area contributed by atoms with Crippen LogP contribution in [-0.2, 0) is 25.5 Å². The number of carbonyl (C=O) groups excluding carboxylic acids is 4. The van der Waals surface area contributed by atoms with Crippen molar-refractivity contribution in [3.05, 3.63) is 58.2 Å². The molecule has 0 spiro atoms. The first kappa shape index (κ1) is 26.6. The number of hydrogen-bond donors (Lipinski definition) is 2. The van der Waals surface area contributed by atoms with E-state index in [9.17, 15) is 19.2 Å². The lowest BCUT2D eigenvalue weighted by Gasteiger charge is -2.14. The van der Waals surface area contributed by atoms with E-state index in [1.54, 1.807) is 25.1 Å². The molecule has 2 aromatic carbocycles. The van der Waals surface area contributed by atoms with E-state index in [2.05, 4.69) is 15.4 Å². The molecule has 0 atom stereocenters. The van der Waals surface area contributed by atoms with Gasteiger partial charge in [-0.3, -0.25) is 9.59 Å². The van der Waals surface area contributed by atoms with Gasteiger partial charge in [-0.05, 0) is 48.7 Å². The number of imide groups is 1. The van der Waals surface area contributed by atoms with Crippen LogP contribution in [0.25, 0.3) is 6.08 Å². The molecule has 0 saturated carbocycles. The molecule has 3 rings (SSSR count). The summed E-state index contributed by atoms with van der Waals surface area (Å²) in [6.45, 7) is 3.17. The Balaban J connectivity index is 1.77. The molecule has 2 aromatic rings. The van der Waals surface area contributed by atoms with Gasteiger partial charge in [0.05, 0.1) is 18.7 Å². The first-order valence-electron chi connectivity index (χ1n) is 11.2.